The molecule has 4 rings (SSSR count). The molecule has 1 fully saturated rings. The maximum atomic E-state index is 12.5. The lowest BCUT2D eigenvalue weighted by molar-refractivity contribution is -0.131. The number of carbonyl (C=O) groups is 1. The van der Waals surface area contributed by atoms with E-state index in [1.807, 2.05) is 33.0 Å². The molecule has 0 atom stereocenters. The fourth-order valence-electron chi connectivity index (χ4n) is 3.01. The summed E-state index contributed by atoms with van der Waals surface area (Å²) in [6.07, 6.45) is 1.90. The molecular weight excluding hydrogens is 322 g/mol. The Kier molecular flexibility index (Phi) is 3.63. The summed E-state index contributed by atoms with van der Waals surface area (Å²) in [4.78, 5) is 16.5. The summed E-state index contributed by atoms with van der Waals surface area (Å²) in [5.41, 5.74) is 2.38. The first-order chi connectivity index (χ1) is 12.0. The fourth-order valence-corrected chi connectivity index (χ4v) is 3.01. The highest BCUT2D eigenvalue weighted by Crippen LogP contribution is 2.22. The first kappa shape index (κ1) is 15.6. The first-order valence-corrected chi connectivity index (χ1v) is 8.12. The molecule has 130 valence electrons. The number of nitrogens with zero attached hydrogens (tertiary/aromatic N) is 7. The van der Waals surface area contributed by atoms with Gasteiger partial charge in [0.2, 0.25) is 5.91 Å². The van der Waals surface area contributed by atoms with Crippen LogP contribution in [0.3, 0.4) is 0 Å². The molecule has 0 spiro atoms. The Labute approximate surface area is 144 Å². The van der Waals surface area contributed by atoms with Gasteiger partial charge in [-0.25, -0.2) is 0 Å². The normalized spacial score (nSPS) is 14.8. The molecule has 3 aromatic heterocycles. The van der Waals surface area contributed by atoms with Crippen LogP contribution in [0.15, 0.2) is 23.0 Å². The third-order valence-corrected chi connectivity index (χ3v) is 4.78. The molecule has 25 heavy (non-hydrogen) atoms. The van der Waals surface area contributed by atoms with Crippen molar-refractivity contribution >= 4 is 17.4 Å². The summed E-state index contributed by atoms with van der Waals surface area (Å²) in [6.45, 7) is 5.20. The molecule has 0 bridgehead atoms. The Morgan fingerprint density at radius 3 is 2.88 bits per heavy atom. The zero-order valence-corrected chi connectivity index (χ0v) is 14.4. The van der Waals surface area contributed by atoms with E-state index in [1.165, 1.54) is 0 Å². The van der Waals surface area contributed by atoms with E-state index >= 15 is 0 Å². The van der Waals surface area contributed by atoms with E-state index in [1.54, 1.807) is 15.7 Å². The van der Waals surface area contributed by atoms with E-state index in [0.29, 0.717) is 17.8 Å². The van der Waals surface area contributed by atoms with Crippen molar-refractivity contribution in [3.8, 4) is 0 Å². The summed E-state index contributed by atoms with van der Waals surface area (Å²) >= 11 is 0. The number of hydrogen-bond acceptors (Lipinski definition) is 7. The number of carbonyl (C=O) groups excluding carboxylic acids is 1. The van der Waals surface area contributed by atoms with Crippen LogP contribution in [0.4, 0.5) is 5.82 Å². The van der Waals surface area contributed by atoms with Crippen LogP contribution in [0, 0.1) is 13.8 Å². The zero-order valence-electron chi connectivity index (χ0n) is 14.4. The van der Waals surface area contributed by atoms with E-state index in [2.05, 4.69) is 25.4 Å². The average molecular weight is 341 g/mol. The Hall–Kier alpha value is -2.97. The molecule has 4 heterocycles. The van der Waals surface area contributed by atoms with Crippen molar-refractivity contribution in [2.75, 3.05) is 25.0 Å². The summed E-state index contributed by atoms with van der Waals surface area (Å²) in [7, 11) is 1.85. The Bertz CT molecular complexity index is 906. The Morgan fingerprint density at radius 1 is 1.36 bits per heavy atom. The van der Waals surface area contributed by atoms with Crippen molar-refractivity contribution in [2.24, 2.45) is 0 Å². The van der Waals surface area contributed by atoms with Gasteiger partial charge in [-0.2, -0.15) is 4.52 Å². The molecule has 1 saturated heterocycles. The molecule has 0 aromatic carbocycles. The lowest BCUT2D eigenvalue weighted by Gasteiger charge is -2.44. The average Bonchev–Trinajstić information content (AvgIpc) is 3.14. The number of hydrogen-bond donors (Lipinski definition) is 0. The van der Waals surface area contributed by atoms with Gasteiger partial charge in [0.05, 0.1) is 18.2 Å². The maximum Gasteiger partial charge on any atom is 0.227 e. The van der Waals surface area contributed by atoms with Gasteiger partial charge in [0, 0.05) is 25.7 Å². The Morgan fingerprint density at radius 2 is 2.16 bits per heavy atom. The van der Waals surface area contributed by atoms with Gasteiger partial charge in [0.1, 0.15) is 17.9 Å². The van der Waals surface area contributed by atoms with Crippen LogP contribution >= 0.6 is 0 Å². The van der Waals surface area contributed by atoms with Crippen LogP contribution in [-0.2, 0) is 11.2 Å². The number of aromatic nitrogens is 5. The van der Waals surface area contributed by atoms with E-state index in [9.17, 15) is 4.79 Å². The fraction of sp³-hybridized carbons (Fsp3) is 0.438. The van der Waals surface area contributed by atoms with E-state index in [-0.39, 0.29) is 11.9 Å². The number of fused-ring (bicyclic) bond motifs is 1. The maximum absolute atomic E-state index is 12.5. The summed E-state index contributed by atoms with van der Waals surface area (Å²) < 4.78 is 6.78. The number of likely N-dealkylation sites (N-methyl/N-ethyl adjacent to an activating group) is 1. The molecule has 1 amide bonds. The molecule has 3 aromatic rings. The number of anilines is 1. The molecular formula is C16H19N7O2. The molecule has 0 aliphatic carbocycles. The SMILES string of the molecule is Cc1noc(C)c1CC(=O)N(C)C1CN(c2ccc3nncn3n2)C1. The minimum atomic E-state index is 0.0706. The highest BCUT2D eigenvalue weighted by atomic mass is 16.5. The molecule has 0 N–H and O–H groups in total. The van der Waals surface area contributed by atoms with E-state index in [4.69, 9.17) is 4.52 Å². The van der Waals surface area contributed by atoms with Crippen molar-refractivity contribution in [3.63, 3.8) is 0 Å². The van der Waals surface area contributed by atoms with Crippen LogP contribution in [0.25, 0.3) is 5.65 Å². The minimum absolute atomic E-state index is 0.0706. The third kappa shape index (κ3) is 2.71. The van der Waals surface area contributed by atoms with Crippen molar-refractivity contribution in [1.82, 2.24) is 29.9 Å². The van der Waals surface area contributed by atoms with E-state index < -0.39 is 0 Å². The number of amides is 1. The van der Waals surface area contributed by atoms with Crippen molar-refractivity contribution in [2.45, 2.75) is 26.3 Å². The lowest BCUT2D eigenvalue weighted by Crippen LogP contribution is -2.60. The predicted octanol–water partition coefficient (Wildman–Crippen LogP) is 0.619. The second kappa shape index (κ2) is 5.83. The smallest absolute Gasteiger partial charge is 0.227 e. The Balaban J connectivity index is 1.38. The predicted molar refractivity (Wildman–Crippen MR) is 89.2 cm³/mol. The van der Waals surface area contributed by atoms with Gasteiger partial charge in [-0.1, -0.05) is 5.16 Å². The quantitative estimate of drug-likeness (QED) is 0.687. The summed E-state index contributed by atoms with van der Waals surface area (Å²) in [5, 5.41) is 16.2. The van der Waals surface area contributed by atoms with Crippen LogP contribution in [0.2, 0.25) is 0 Å². The largest absolute Gasteiger partial charge is 0.361 e. The second-order valence-electron chi connectivity index (χ2n) is 6.37. The van der Waals surface area contributed by atoms with Crippen molar-refractivity contribution in [3.05, 3.63) is 35.5 Å². The van der Waals surface area contributed by atoms with Crippen LogP contribution in [0.5, 0.6) is 0 Å². The zero-order chi connectivity index (χ0) is 17.6. The summed E-state index contributed by atoms with van der Waals surface area (Å²) in [6, 6.07) is 3.98. The standard InChI is InChI=1S/C16H19N7O2/c1-10-13(11(2)25-20-10)6-16(24)21(3)12-7-22(8-12)15-5-4-14-18-17-9-23(14)19-15/h4-5,9,12H,6-8H2,1-3H3. The molecule has 9 nitrogen and oxygen atoms in total. The van der Waals surface area contributed by atoms with Gasteiger partial charge in [-0.05, 0) is 26.0 Å². The van der Waals surface area contributed by atoms with Crippen molar-refractivity contribution in [1.29, 1.82) is 0 Å². The van der Waals surface area contributed by atoms with Gasteiger partial charge in [-0.15, -0.1) is 15.3 Å². The monoisotopic (exact) mass is 341 g/mol. The first-order valence-electron chi connectivity index (χ1n) is 8.12. The third-order valence-electron chi connectivity index (χ3n) is 4.78. The highest BCUT2D eigenvalue weighted by Gasteiger charge is 2.33. The molecule has 1 aliphatic rings. The summed E-state index contributed by atoms with van der Waals surface area (Å²) in [5.74, 6) is 1.64. The molecule has 0 saturated carbocycles. The van der Waals surface area contributed by atoms with Crippen LogP contribution < -0.4 is 4.90 Å². The van der Waals surface area contributed by atoms with Crippen LogP contribution in [0.1, 0.15) is 17.0 Å². The minimum Gasteiger partial charge on any atom is -0.361 e. The highest BCUT2D eigenvalue weighted by molar-refractivity contribution is 5.79. The lowest BCUT2D eigenvalue weighted by atomic mass is 10.1. The van der Waals surface area contributed by atoms with Crippen LogP contribution in [-0.4, -0.2) is 62.0 Å². The molecule has 0 unspecified atom stereocenters. The van der Waals surface area contributed by atoms with Gasteiger partial charge in [0.15, 0.2) is 5.65 Å². The number of aryl methyl sites for hydroxylation is 2. The molecule has 9 heteroatoms. The van der Waals surface area contributed by atoms with Gasteiger partial charge >= 0.3 is 0 Å². The number of rotatable bonds is 4. The molecule has 0 radical (unpaired) electrons. The topological polar surface area (TPSA) is 92.7 Å². The van der Waals surface area contributed by atoms with Gasteiger partial charge < -0.3 is 14.3 Å². The van der Waals surface area contributed by atoms with E-state index in [0.717, 1.165) is 30.2 Å². The molecule has 1 aliphatic heterocycles. The second-order valence-corrected chi connectivity index (χ2v) is 6.37. The van der Waals surface area contributed by atoms with Crippen molar-refractivity contribution < 1.29 is 9.32 Å². The van der Waals surface area contributed by atoms with Gasteiger partial charge in [0.25, 0.3) is 0 Å². The van der Waals surface area contributed by atoms with Gasteiger partial charge in [-0.3, -0.25) is 4.79 Å².